The first-order chi connectivity index (χ1) is 5.36. The lowest BCUT2D eigenvalue weighted by Gasteiger charge is -1.80. The van der Waals surface area contributed by atoms with E-state index in [-0.39, 0.29) is 0 Å². The smallest absolute Gasteiger partial charge is 0.399 e. The summed E-state index contributed by atoms with van der Waals surface area (Å²) in [5.74, 6) is -0.375. The van der Waals surface area contributed by atoms with Gasteiger partial charge in [0.2, 0.25) is 0 Å². The molecule has 0 fully saturated rings. The Morgan fingerprint density at radius 1 is 1.64 bits per heavy atom. The van der Waals surface area contributed by atoms with Crippen molar-refractivity contribution in [2.24, 2.45) is 0 Å². The second-order valence-corrected chi connectivity index (χ2v) is 2.43. The normalized spacial score (nSPS) is 10.2. The van der Waals surface area contributed by atoms with Crippen molar-refractivity contribution in [3.63, 3.8) is 0 Å². The molecule has 1 radical (unpaired) electrons. The van der Waals surface area contributed by atoms with E-state index in [0.29, 0.717) is 11.5 Å². The van der Waals surface area contributed by atoms with E-state index in [1.165, 1.54) is 17.6 Å². The van der Waals surface area contributed by atoms with Crippen molar-refractivity contribution in [1.29, 1.82) is 0 Å². The van der Waals surface area contributed by atoms with Gasteiger partial charge >= 0.3 is 5.82 Å². The van der Waals surface area contributed by atoms with E-state index in [1.54, 1.807) is 5.38 Å². The van der Waals surface area contributed by atoms with Crippen LogP contribution in [0.15, 0.2) is 25.3 Å². The van der Waals surface area contributed by atoms with Gasteiger partial charge in [-0.25, -0.2) is 9.78 Å². The number of hydrogen-bond donors (Lipinski definition) is 0. The predicted molar refractivity (Wildman–Crippen MR) is 37.2 cm³/mol. The average Bonchev–Trinajstić information content (AvgIpc) is 2.55. The molecule has 4 nitrogen and oxygen atoms in total. The minimum absolute atomic E-state index is 0.340. The third-order valence-electron chi connectivity index (χ3n) is 1.10. The highest BCUT2D eigenvalue weighted by Gasteiger charge is 2.05. The van der Waals surface area contributed by atoms with Crippen molar-refractivity contribution in [1.82, 2.24) is 4.98 Å². The molecule has 0 saturated carbocycles. The molecule has 5 heteroatoms. The molecule has 0 atom stereocenters. The Kier molecular flexibility index (Phi) is 1.36. The number of aromatic nitrogens is 1. The number of hydrogen-bond acceptors (Lipinski definition) is 5. The van der Waals surface area contributed by atoms with Crippen molar-refractivity contribution >= 4 is 11.3 Å². The summed E-state index contributed by atoms with van der Waals surface area (Å²) in [6.45, 7) is 0. The topological polar surface area (TPSA) is 56.2 Å². The van der Waals surface area contributed by atoms with Crippen LogP contribution in [0.4, 0.5) is 0 Å². The van der Waals surface area contributed by atoms with Crippen molar-refractivity contribution in [3.8, 4) is 11.5 Å². The van der Waals surface area contributed by atoms with Crippen LogP contribution in [0.5, 0.6) is 0 Å². The summed E-state index contributed by atoms with van der Waals surface area (Å²) in [5, 5.41) is 1.72. The SMILES string of the molecule is O=c1occ(-c2cs[c]n2)o1. The predicted octanol–water partition coefficient (Wildman–Crippen LogP) is 1.16. The first-order valence-electron chi connectivity index (χ1n) is 2.77. The zero-order valence-electron chi connectivity index (χ0n) is 5.23. The van der Waals surface area contributed by atoms with Gasteiger partial charge in [-0.15, -0.1) is 11.3 Å². The number of rotatable bonds is 1. The lowest BCUT2D eigenvalue weighted by molar-refractivity contribution is 0.389. The Hall–Kier alpha value is -1.36. The van der Waals surface area contributed by atoms with Gasteiger partial charge in [-0.2, -0.15) is 0 Å². The minimum Gasteiger partial charge on any atom is -0.399 e. The van der Waals surface area contributed by atoms with Crippen molar-refractivity contribution in [2.45, 2.75) is 0 Å². The molecule has 0 aliphatic heterocycles. The fourth-order valence-electron chi connectivity index (χ4n) is 0.649. The van der Waals surface area contributed by atoms with Gasteiger partial charge in [0.15, 0.2) is 11.3 Å². The summed E-state index contributed by atoms with van der Waals surface area (Å²) >= 11 is 1.30. The molecule has 0 spiro atoms. The Morgan fingerprint density at radius 2 is 2.55 bits per heavy atom. The summed E-state index contributed by atoms with van der Waals surface area (Å²) in [7, 11) is 0. The Balaban J connectivity index is 2.53. The van der Waals surface area contributed by atoms with Crippen molar-refractivity contribution in [2.75, 3.05) is 0 Å². The minimum atomic E-state index is -0.715. The largest absolute Gasteiger partial charge is 0.519 e. The van der Waals surface area contributed by atoms with E-state index >= 15 is 0 Å². The molecular formula is C6H2NO3S. The zero-order chi connectivity index (χ0) is 7.68. The van der Waals surface area contributed by atoms with E-state index in [4.69, 9.17) is 0 Å². The van der Waals surface area contributed by atoms with Crippen LogP contribution >= 0.6 is 11.3 Å². The first-order valence-corrected chi connectivity index (χ1v) is 3.65. The molecule has 2 rings (SSSR count). The molecule has 0 aromatic carbocycles. The highest BCUT2D eigenvalue weighted by Crippen LogP contribution is 2.16. The molecule has 2 heterocycles. The molecule has 0 amide bonds. The average molecular weight is 168 g/mol. The monoisotopic (exact) mass is 168 g/mol. The number of nitrogens with zero attached hydrogens (tertiary/aromatic N) is 1. The maximum Gasteiger partial charge on any atom is 0.519 e. The van der Waals surface area contributed by atoms with Gasteiger partial charge < -0.3 is 8.83 Å². The van der Waals surface area contributed by atoms with Gasteiger partial charge in [0.25, 0.3) is 0 Å². The van der Waals surface area contributed by atoms with E-state index in [0.717, 1.165) is 0 Å². The lowest BCUT2D eigenvalue weighted by Crippen LogP contribution is -1.85. The molecule has 0 aliphatic rings. The lowest BCUT2D eigenvalue weighted by atomic mass is 10.4. The molecular weight excluding hydrogens is 166 g/mol. The van der Waals surface area contributed by atoms with Crippen LogP contribution in [-0.4, -0.2) is 4.98 Å². The standard InChI is InChI=1S/C6H2NO3S/c8-6-9-1-5(10-6)4-2-11-3-7-4/h1-2H. The van der Waals surface area contributed by atoms with Gasteiger partial charge in [-0.1, -0.05) is 0 Å². The van der Waals surface area contributed by atoms with Crippen LogP contribution in [0, 0.1) is 5.51 Å². The van der Waals surface area contributed by atoms with Crippen LogP contribution in [0.2, 0.25) is 0 Å². The molecule has 2 aromatic heterocycles. The second kappa shape index (κ2) is 2.35. The fraction of sp³-hybridized carbons (Fsp3) is 0. The first kappa shape index (κ1) is 6.36. The molecule has 0 aliphatic carbocycles. The van der Waals surface area contributed by atoms with Crippen LogP contribution < -0.4 is 5.82 Å². The quantitative estimate of drug-likeness (QED) is 0.641. The van der Waals surface area contributed by atoms with Crippen LogP contribution in [0.25, 0.3) is 11.5 Å². The van der Waals surface area contributed by atoms with Crippen molar-refractivity contribution in [3.05, 3.63) is 27.8 Å². The Bertz CT molecular complexity index is 386. The summed E-state index contributed by atoms with van der Waals surface area (Å²) < 4.78 is 9.05. The summed E-state index contributed by atoms with van der Waals surface area (Å²) in [4.78, 5) is 14.2. The highest BCUT2D eigenvalue weighted by molar-refractivity contribution is 7.07. The van der Waals surface area contributed by atoms with E-state index in [9.17, 15) is 4.79 Å². The molecule has 11 heavy (non-hydrogen) atoms. The summed E-state index contributed by atoms with van der Waals surface area (Å²) in [6, 6.07) is 0. The maximum atomic E-state index is 10.4. The molecule has 0 bridgehead atoms. The van der Waals surface area contributed by atoms with Gasteiger partial charge in [0.1, 0.15) is 12.0 Å². The third kappa shape index (κ3) is 1.10. The molecule has 0 N–H and O–H groups in total. The van der Waals surface area contributed by atoms with E-state index in [2.05, 4.69) is 19.3 Å². The van der Waals surface area contributed by atoms with Gasteiger partial charge in [-0.3, -0.25) is 0 Å². The second-order valence-electron chi connectivity index (χ2n) is 1.78. The van der Waals surface area contributed by atoms with Gasteiger partial charge in [-0.05, 0) is 0 Å². The van der Waals surface area contributed by atoms with Gasteiger partial charge in [0.05, 0.1) is 0 Å². The summed E-state index contributed by atoms with van der Waals surface area (Å²) in [5.41, 5.74) is 3.20. The zero-order valence-corrected chi connectivity index (χ0v) is 6.05. The Morgan fingerprint density at radius 3 is 3.09 bits per heavy atom. The fourth-order valence-corrected chi connectivity index (χ4v) is 1.13. The van der Waals surface area contributed by atoms with Crippen LogP contribution in [0.3, 0.4) is 0 Å². The van der Waals surface area contributed by atoms with Crippen LogP contribution in [0.1, 0.15) is 0 Å². The van der Waals surface area contributed by atoms with Crippen molar-refractivity contribution < 1.29 is 8.83 Å². The van der Waals surface area contributed by atoms with Crippen LogP contribution in [-0.2, 0) is 0 Å². The third-order valence-corrected chi connectivity index (χ3v) is 1.64. The summed E-state index contributed by atoms with van der Waals surface area (Å²) in [6.07, 6.45) is 1.23. The Labute approximate surface area is 65.1 Å². The van der Waals surface area contributed by atoms with Gasteiger partial charge in [0, 0.05) is 5.38 Å². The number of thiazole rings is 1. The molecule has 55 valence electrons. The maximum absolute atomic E-state index is 10.4. The highest BCUT2D eigenvalue weighted by atomic mass is 32.1. The van der Waals surface area contributed by atoms with E-state index < -0.39 is 5.82 Å². The molecule has 0 unspecified atom stereocenters. The van der Waals surface area contributed by atoms with E-state index in [1.807, 2.05) is 0 Å². The molecule has 0 saturated heterocycles. The molecule has 2 aromatic rings.